The Bertz CT molecular complexity index is 508. The molecule has 0 aromatic heterocycles. The Labute approximate surface area is 137 Å². The van der Waals surface area contributed by atoms with Gasteiger partial charge in [0.2, 0.25) is 6.79 Å². The summed E-state index contributed by atoms with van der Waals surface area (Å²) >= 11 is 0. The van der Waals surface area contributed by atoms with Crippen molar-refractivity contribution in [3.8, 4) is 17.2 Å². The van der Waals surface area contributed by atoms with Crippen molar-refractivity contribution in [2.45, 2.75) is 13.3 Å². The molecular formula is C16H25N3O4. The third-order valence-corrected chi connectivity index (χ3v) is 3.19. The maximum atomic E-state index is 5.68. The minimum Gasteiger partial charge on any atom is -0.492 e. The van der Waals surface area contributed by atoms with Gasteiger partial charge in [-0.2, -0.15) is 0 Å². The van der Waals surface area contributed by atoms with Crippen LogP contribution in [0.15, 0.2) is 23.2 Å². The number of nitrogens with one attached hydrogen (secondary N) is 2. The molecule has 0 saturated carbocycles. The highest BCUT2D eigenvalue weighted by atomic mass is 16.7. The van der Waals surface area contributed by atoms with Gasteiger partial charge in [0, 0.05) is 32.9 Å². The fourth-order valence-electron chi connectivity index (χ4n) is 2.05. The van der Waals surface area contributed by atoms with Crippen LogP contribution in [0.4, 0.5) is 0 Å². The largest absolute Gasteiger partial charge is 0.492 e. The van der Waals surface area contributed by atoms with Crippen LogP contribution in [-0.4, -0.2) is 52.7 Å². The highest BCUT2D eigenvalue weighted by Crippen LogP contribution is 2.34. The van der Waals surface area contributed by atoms with Gasteiger partial charge in [-0.25, -0.2) is 0 Å². The van der Waals surface area contributed by atoms with E-state index in [9.17, 15) is 0 Å². The second-order valence-corrected chi connectivity index (χ2v) is 4.84. The zero-order valence-electron chi connectivity index (χ0n) is 13.8. The van der Waals surface area contributed by atoms with Gasteiger partial charge in [-0.15, -0.1) is 0 Å². The second-order valence-electron chi connectivity index (χ2n) is 4.84. The first-order chi connectivity index (χ1) is 11.3. The number of hydrogen-bond acceptors (Lipinski definition) is 5. The molecule has 0 saturated heterocycles. The highest BCUT2D eigenvalue weighted by Gasteiger charge is 2.13. The van der Waals surface area contributed by atoms with E-state index in [1.807, 2.05) is 25.1 Å². The molecule has 23 heavy (non-hydrogen) atoms. The first kappa shape index (κ1) is 17.2. The molecule has 128 valence electrons. The Balaban J connectivity index is 1.60. The third-order valence-electron chi connectivity index (χ3n) is 3.19. The minimum absolute atomic E-state index is 0.269. The zero-order valence-corrected chi connectivity index (χ0v) is 13.8. The lowest BCUT2D eigenvalue weighted by molar-refractivity contribution is 0.145. The quantitative estimate of drug-likeness (QED) is 0.406. The van der Waals surface area contributed by atoms with Crippen LogP contribution in [0.25, 0.3) is 0 Å². The van der Waals surface area contributed by atoms with E-state index in [0.717, 1.165) is 49.4 Å². The summed E-state index contributed by atoms with van der Waals surface area (Å²) in [5.74, 6) is 3.00. The molecule has 0 atom stereocenters. The van der Waals surface area contributed by atoms with E-state index in [4.69, 9.17) is 18.9 Å². The second kappa shape index (κ2) is 9.78. The molecule has 7 heteroatoms. The van der Waals surface area contributed by atoms with Crippen LogP contribution in [0.1, 0.15) is 13.3 Å². The van der Waals surface area contributed by atoms with Crippen molar-refractivity contribution in [3.63, 3.8) is 0 Å². The summed E-state index contributed by atoms with van der Waals surface area (Å²) < 4.78 is 21.6. The summed E-state index contributed by atoms with van der Waals surface area (Å²) in [7, 11) is 1.75. The Kier molecular flexibility index (Phi) is 7.32. The molecule has 1 aliphatic rings. The van der Waals surface area contributed by atoms with Gasteiger partial charge < -0.3 is 29.6 Å². The van der Waals surface area contributed by atoms with Crippen LogP contribution in [0.5, 0.6) is 17.2 Å². The van der Waals surface area contributed by atoms with Crippen LogP contribution < -0.4 is 24.8 Å². The molecule has 7 nitrogen and oxygen atoms in total. The first-order valence-corrected chi connectivity index (χ1v) is 7.88. The molecule has 0 spiro atoms. The molecule has 2 N–H and O–H groups in total. The van der Waals surface area contributed by atoms with Crippen molar-refractivity contribution in [3.05, 3.63) is 18.2 Å². The van der Waals surface area contributed by atoms with E-state index in [-0.39, 0.29) is 6.79 Å². The molecule has 0 unspecified atom stereocenters. The smallest absolute Gasteiger partial charge is 0.231 e. The average Bonchev–Trinajstić information content (AvgIpc) is 3.04. The van der Waals surface area contributed by atoms with E-state index >= 15 is 0 Å². The number of rotatable bonds is 9. The van der Waals surface area contributed by atoms with E-state index in [1.165, 1.54) is 0 Å². The van der Waals surface area contributed by atoms with Crippen LogP contribution in [0, 0.1) is 0 Å². The molecule has 1 aromatic rings. The standard InChI is InChI=1S/C16H25N3O4/c1-3-20-9-4-7-18-16(17-2)19-8-10-21-13-5-6-14-15(11-13)23-12-22-14/h5-6,11H,3-4,7-10,12H2,1-2H3,(H2,17,18,19). The zero-order chi connectivity index (χ0) is 16.3. The number of aliphatic imine (C=N–C) groups is 1. The van der Waals surface area contributed by atoms with Gasteiger partial charge in [0.15, 0.2) is 17.5 Å². The maximum Gasteiger partial charge on any atom is 0.231 e. The molecule has 2 rings (SSSR count). The number of ether oxygens (including phenoxy) is 4. The Morgan fingerprint density at radius 1 is 1.17 bits per heavy atom. The molecule has 0 amide bonds. The SMILES string of the molecule is CCOCCCNC(=NC)NCCOc1ccc2c(c1)OCO2. The molecule has 1 aliphatic heterocycles. The van der Waals surface area contributed by atoms with E-state index < -0.39 is 0 Å². The molecule has 0 fully saturated rings. The molecule has 0 radical (unpaired) electrons. The Morgan fingerprint density at radius 2 is 2.00 bits per heavy atom. The predicted octanol–water partition coefficient (Wildman–Crippen LogP) is 1.39. The lowest BCUT2D eigenvalue weighted by atomic mass is 10.3. The van der Waals surface area contributed by atoms with Gasteiger partial charge in [0.25, 0.3) is 0 Å². The van der Waals surface area contributed by atoms with E-state index in [1.54, 1.807) is 7.05 Å². The number of fused-ring (bicyclic) bond motifs is 1. The fraction of sp³-hybridized carbons (Fsp3) is 0.562. The van der Waals surface area contributed by atoms with Gasteiger partial charge >= 0.3 is 0 Å². The topological polar surface area (TPSA) is 73.3 Å². The molecular weight excluding hydrogens is 298 g/mol. The monoisotopic (exact) mass is 323 g/mol. The summed E-state index contributed by atoms with van der Waals surface area (Å²) in [5.41, 5.74) is 0. The fourth-order valence-corrected chi connectivity index (χ4v) is 2.05. The summed E-state index contributed by atoms with van der Waals surface area (Å²) in [5, 5.41) is 6.43. The Hall–Kier alpha value is -2.15. The number of guanidine groups is 1. The van der Waals surface area contributed by atoms with Crippen LogP contribution >= 0.6 is 0 Å². The normalized spacial score (nSPS) is 13.0. The lowest BCUT2D eigenvalue weighted by Crippen LogP contribution is -2.39. The maximum absolute atomic E-state index is 5.68. The van der Waals surface area contributed by atoms with Crippen molar-refractivity contribution in [2.24, 2.45) is 4.99 Å². The van der Waals surface area contributed by atoms with Gasteiger partial charge in [-0.1, -0.05) is 0 Å². The van der Waals surface area contributed by atoms with Crippen LogP contribution in [0.3, 0.4) is 0 Å². The van der Waals surface area contributed by atoms with Gasteiger partial charge in [0.1, 0.15) is 12.4 Å². The van der Waals surface area contributed by atoms with Crippen LogP contribution in [-0.2, 0) is 4.74 Å². The van der Waals surface area contributed by atoms with Crippen molar-refractivity contribution >= 4 is 5.96 Å². The van der Waals surface area contributed by atoms with Gasteiger partial charge in [-0.3, -0.25) is 4.99 Å². The van der Waals surface area contributed by atoms with Gasteiger partial charge in [-0.05, 0) is 25.5 Å². The first-order valence-electron chi connectivity index (χ1n) is 7.88. The number of hydrogen-bond donors (Lipinski definition) is 2. The summed E-state index contributed by atoms with van der Waals surface area (Å²) in [6, 6.07) is 5.56. The Morgan fingerprint density at radius 3 is 2.83 bits per heavy atom. The molecule has 0 aliphatic carbocycles. The van der Waals surface area contributed by atoms with Crippen molar-refractivity contribution in [2.75, 3.05) is 46.8 Å². The van der Waals surface area contributed by atoms with Crippen molar-refractivity contribution < 1.29 is 18.9 Å². The average molecular weight is 323 g/mol. The third kappa shape index (κ3) is 5.86. The van der Waals surface area contributed by atoms with Crippen molar-refractivity contribution in [1.29, 1.82) is 0 Å². The summed E-state index contributed by atoms with van der Waals surface area (Å²) in [6.45, 7) is 5.78. The van der Waals surface area contributed by atoms with Crippen LogP contribution in [0.2, 0.25) is 0 Å². The molecule has 0 bridgehead atoms. The van der Waals surface area contributed by atoms with E-state index in [2.05, 4.69) is 15.6 Å². The number of nitrogens with zero attached hydrogens (tertiary/aromatic N) is 1. The predicted molar refractivity (Wildman–Crippen MR) is 88.5 cm³/mol. The minimum atomic E-state index is 0.269. The lowest BCUT2D eigenvalue weighted by Gasteiger charge is -2.12. The van der Waals surface area contributed by atoms with Gasteiger partial charge in [0.05, 0.1) is 6.54 Å². The summed E-state index contributed by atoms with van der Waals surface area (Å²) in [4.78, 5) is 4.16. The molecule has 1 heterocycles. The number of benzene rings is 1. The highest BCUT2D eigenvalue weighted by molar-refractivity contribution is 5.79. The van der Waals surface area contributed by atoms with Crippen molar-refractivity contribution in [1.82, 2.24) is 10.6 Å². The van der Waals surface area contributed by atoms with E-state index in [0.29, 0.717) is 13.2 Å². The summed E-state index contributed by atoms with van der Waals surface area (Å²) in [6.07, 6.45) is 0.947. The molecule has 1 aromatic carbocycles.